The number of carboxylic acid groups (broad SMARTS) is 1. The van der Waals surface area contributed by atoms with Crippen LogP contribution in [0.1, 0.15) is 69.8 Å². The molecule has 4 atom stereocenters. The molecule has 1 N–H and O–H groups in total. The number of aromatic carboxylic acids is 1. The highest BCUT2D eigenvalue weighted by Gasteiger charge is 2.49. The first kappa shape index (κ1) is 29.2. The molecule has 1 aromatic heterocycles. The van der Waals surface area contributed by atoms with Crippen LogP contribution in [0.2, 0.25) is 15.6 Å². The molecule has 1 unspecified atom stereocenters. The predicted octanol–water partition coefficient (Wildman–Crippen LogP) is 7.12. The summed E-state index contributed by atoms with van der Waals surface area (Å²) in [5, 5.41) is 10.6. The molecule has 0 radical (unpaired) electrons. The number of carbonyl (C=O) groups is 1. The van der Waals surface area contributed by atoms with E-state index in [1.807, 2.05) is 12.1 Å². The fourth-order valence-electron chi connectivity index (χ4n) is 7.31. The third-order valence-electron chi connectivity index (χ3n) is 9.86. The molecule has 5 heterocycles. The van der Waals surface area contributed by atoms with Crippen LogP contribution in [0.25, 0.3) is 16.9 Å². The molecule has 45 heavy (non-hydrogen) atoms. The van der Waals surface area contributed by atoms with Crippen LogP contribution >= 0.6 is 23.2 Å². The van der Waals surface area contributed by atoms with Gasteiger partial charge >= 0.3 is 5.97 Å². The number of hydrogen-bond donors (Lipinski definition) is 1. The van der Waals surface area contributed by atoms with Crippen LogP contribution in [0.4, 0.5) is 4.39 Å². The van der Waals surface area contributed by atoms with Gasteiger partial charge in [0.1, 0.15) is 23.5 Å². The van der Waals surface area contributed by atoms with Crippen molar-refractivity contribution in [3.63, 3.8) is 0 Å². The van der Waals surface area contributed by atoms with Crippen LogP contribution in [0, 0.1) is 0 Å². The zero-order valence-corrected chi connectivity index (χ0v) is 27.4. The summed E-state index contributed by atoms with van der Waals surface area (Å²) in [6.07, 6.45) is 4.09. The second-order valence-electron chi connectivity index (χ2n) is 12.6. The van der Waals surface area contributed by atoms with Crippen molar-refractivity contribution in [3.8, 4) is 5.75 Å². The maximum Gasteiger partial charge on any atom is 0.335 e. The summed E-state index contributed by atoms with van der Waals surface area (Å²) in [4.78, 5) is 19.2. The van der Waals surface area contributed by atoms with E-state index in [1.165, 1.54) is 6.08 Å². The SMILES string of the molecule is O=C(O)c1ccc2nc(CN3CCC(c4cccc5c4O[C@H](c4ccc(Cl)cc4Cl)C=C5F)CC3)n([C@@H]3[SiH2][C@H]3C3CCO3)c2c1. The van der Waals surface area contributed by atoms with E-state index in [1.54, 1.807) is 36.4 Å². The Kier molecular flexibility index (Phi) is 7.49. The Balaban J connectivity index is 1.02. The summed E-state index contributed by atoms with van der Waals surface area (Å²) in [5.74, 6) is 0.568. The number of likely N-dealkylation sites (tertiary alicyclic amines) is 1. The van der Waals surface area contributed by atoms with Crippen LogP contribution in [0.15, 0.2) is 60.7 Å². The predicted molar refractivity (Wildman–Crippen MR) is 175 cm³/mol. The molecule has 4 aromatic rings. The first-order valence-corrected chi connectivity index (χ1v) is 17.9. The lowest BCUT2D eigenvalue weighted by atomic mass is 9.86. The van der Waals surface area contributed by atoms with E-state index < -0.39 is 12.1 Å². The van der Waals surface area contributed by atoms with Crippen LogP contribution < -0.4 is 4.74 Å². The Morgan fingerprint density at radius 1 is 1.07 bits per heavy atom. The van der Waals surface area contributed by atoms with Crippen molar-refractivity contribution >= 4 is 55.6 Å². The molecule has 4 aliphatic rings. The van der Waals surface area contributed by atoms with Gasteiger partial charge in [-0.15, -0.1) is 0 Å². The summed E-state index contributed by atoms with van der Waals surface area (Å²) in [5.41, 5.74) is 5.21. The van der Waals surface area contributed by atoms with Crippen LogP contribution in [-0.4, -0.2) is 60.8 Å². The second kappa shape index (κ2) is 11.5. The van der Waals surface area contributed by atoms with Crippen LogP contribution in [-0.2, 0) is 11.3 Å². The van der Waals surface area contributed by atoms with E-state index in [0.717, 1.165) is 61.4 Å². The summed E-state index contributed by atoms with van der Waals surface area (Å²) < 4.78 is 30.0. The molecule has 7 nitrogen and oxygen atoms in total. The first-order valence-electron chi connectivity index (χ1n) is 15.5. The van der Waals surface area contributed by atoms with Crippen LogP contribution in [0.5, 0.6) is 5.75 Å². The Labute approximate surface area is 272 Å². The van der Waals surface area contributed by atoms with E-state index in [9.17, 15) is 9.90 Å². The first-order chi connectivity index (χ1) is 21.8. The Hall–Kier alpha value is -3.21. The number of ether oxygens (including phenoxy) is 2. The number of aromatic nitrogens is 2. The lowest BCUT2D eigenvalue weighted by Gasteiger charge is -2.34. The molecule has 0 saturated carbocycles. The molecule has 3 aromatic carbocycles. The van der Waals surface area contributed by atoms with E-state index in [4.69, 9.17) is 37.7 Å². The lowest BCUT2D eigenvalue weighted by Crippen LogP contribution is -2.33. The highest BCUT2D eigenvalue weighted by atomic mass is 35.5. The average molecular weight is 665 g/mol. The zero-order valence-electron chi connectivity index (χ0n) is 24.5. The van der Waals surface area contributed by atoms with Gasteiger partial charge in [-0.05, 0) is 91.8 Å². The second-order valence-corrected chi connectivity index (χ2v) is 15.7. The van der Waals surface area contributed by atoms with E-state index in [-0.39, 0.29) is 26.8 Å². The highest BCUT2D eigenvalue weighted by molar-refractivity contribution is 6.53. The number of carboxylic acids is 1. The van der Waals surface area contributed by atoms with Gasteiger partial charge in [-0.1, -0.05) is 41.4 Å². The van der Waals surface area contributed by atoms with Crippen molar-refractivity contribution in [2.75, 3.05) is 19.7 Å². The molecule has 0 aliphatic carbocycles. The maximum atomic E-state index is 15.4. The molecular weight excluding hydrogens is 632 g/mol. The molecule has 0 amide bonds. The summed E-state index contributed by atoms with van der Waals surface area (Å²) in [6, 6.07) is 16.1. The molecule has 0 bridgehead atoms. The van der Waals surface area contributed by atoms with Gasteiger partial charge in [0.25, 0.3) is 0 Å². The van der Waals surface area contributed by atoms with Gasteiger partial charge in [-0.3, -0.25) is 4.90 Å². The molecule has 3 saturated heterocycles. The number of para-hydroxylation sites is 1. The number of rotatable bonds is 7. The lowest BCUT2D eigenvalue weighted by molar-refractivity contribution is -0.0494. The van der Waals surface area contributed by atoms with Gasteiger partial charge in [0.05, 0.1) is 44.3 Å². The Bertz CT molecular complexity index is 1850. The molecule has 8 rings (SSSR count). The number of nitrogens with zero attached hydrogens (tertiary/aromatic N) is 3. The van der Waals surface area contributed by atoms with Gasteiger partial charge in [-0.2, -0.15) is 0 Å². The van der Waals surface area contributed by atoms with Gasteiger partial charge in [0, 0.05) is 27.9 Å². The summed E-state index contributed by atoms with van der Waals surface area (Å²) in [7, 11) is -0.377. The molecule has 0 spiro atoms. The van der Waals surface area contributed by atoms with E-state index in [2.05, 4.69) is 15.5 Å². The third kappa shape index (κ3) is 5.38. The van der Waals surface area contributed by atoms with Crippen LogP contribution in [0.3, 0.4) is 0 Å². The highest BCUT2D eigenvalue weighted by Crippen LogP contribution is 2.50. The fraction of sp³-hybridized carbons (Fsp3) is 0.353. The third-order valence-corrected chi connectivity index (χ3v) is 12.8. The number of halogens is 3. The van der Waals surface area contributed by atoms with Crippen molar-refractivity contribution in [2.24, 2.45) is 0 Å². The van der Waals surface area contributed by atoms with E-state index >= 15 is 4.39 Å². The van der Waals surface area contributed by atoms with Crippen molar-refractivity contribution in [2.45, 2.75) is 55.1 Å². The summed E-state index contributed by atoms with van der Waals surface area (Å²) >= 11 is 12.6. The van der Waals surface area contributed by atoms with Crippen molar-refractivity contribution < 1.29 is 23.8 Å². The number of benzene rings is 3. The van der Waals surface area contributed by atoms with Crippen molar-refractivity contribution in [1.29, 1.82) is 0 Å². The van der Waals surface area contributed by atoms with Crippen molar-refractivity contribution in [1.82, 2.24) is 14.5 Å². The maximum absolute atomic E-state index is 15.4. The number of hydrogen-bond acceptors (Lipinski definition) is 5. The van der Waals surface area contributed by atoms with Gasteiger partial charge in [0.2, 0.25) is 0 Å². The Morgan fingerprint density at radius 3 is 2.62 bits per heavy atom. The van der Waals surface area contributed by atoms with E-state index in [0.29, 0.717) is 50.8 Å². The molecule has 11 heteroatoms. The van der Waals surface area contributed by atoms with Gasteiger partial charge in [0.15, 0.2) is 0 Å². The standard InChI is InChI=1S/C34H32Cl2FN3O4Si/c35-20-5-6-22(24(36)15-20)29-16-25(37)23-3-1-2-21(31(23)44-29)18-8-11-39(12-9-18)17-30-38-26-7-4-19(34(41)42)14-27(26)40(30)33-32(45-33)28-10-13-43-28/h1-7,14-16,18,28-29,32-33H,8-13,17,45H2,(H,41,42)/t28?,29-,32-,33+/m0/s1. The monoisotopic (exact) mass is 663 g/mol. The smallest absolute Gasteiger partial charge is 0.335 e. The number of piperidine rings is 1. The molecular formula is C34H32Cl2FN3O4Si. The molecule has 4 aliphatic heterocycles. The van der Waals surface area contributed by atoms with Gasteiger partial charge in [-0.25, -0.2) is 14.2 Å². The Morgan fingerprint density at radius 2 is 1.89 bits per heavy atom. The topological polar surface area (TPSA) is 76.8 Å². The molecule has 232 valence electrons. The quantitative estimate of drug-likeness (QED) is 0.212. The van der Waals surface area contributed by atoms with Crippen molar-refractivity contribution in [3.05, 3.63) is 98.8 Å². The average Bonchev–Trinajstić information content (AvgIpc) is 3.67. The fourth-order valence-corrected chi connectivity index (χ4v) is 10.0. The largest absolute Gasteiger partial charge is 0.480 e. The zero-order chi connectivity index (χ0) is 30.8. The normalized spacial score (nSPS) is 25.4. The number of imidazole rings is 1. The molecule has 3 fully saturated rings. The minimum absolute atomic E-state index is 0.219. The number of fused-ring (bicyclic) bond motifs is 2. The minimum Gasteiger partial charge on any atom is -0.480 e. The van der Waals surface area contributed by atoms with Gasteiger partial charge < -0.3 is 19.1 Å². The minimum atomic E-state index is -0.926. The summed E-state index contributed by atoms with van der Waals surface area (Å²) in [6.45, 7) is 3.26.